The van der Waals surface area contributed by atoms with Crippen molar-refractivity contribution < 1.29 is 13.2 Å². The molecule has 0 unspecified atom stereocenters. The van der Waals surface area contributed by atoms with Crippen molar-refractivity contribution in [1.82, 2.24) is 0 Å². The van der Waals surface area contributed by atoms with Gasteiger partial charge in [-0.05, 0) is 36.8 Å². The van der Waals surface area contributed by atoms with Crippen LogP contribution in [-0.4, -0.2) is 33.4 Å². The highest BCUT2D eigenvalue weighted by Gasteiger charge is 2.70. The minimum atomic E-state index is -3.55. The normalized spacial score (nSPS) is 25.7. The van der Waals surface area contributed by atoms with Gasteiger partial charge in [0.2, 0.25) is 0 Å². The van der Waals surface area contributed by atoms with E-state index in [9.17, 15) is 8.42 Å². The fourth-order valence-electron chi connectivity index (χ4n) is 3.65. The number of ether oxygens (including phenoxy) is 1. The number of nitrogens with two attached hydrogens (primary N) is 1. The fourth-order valence-corrected chi connectivity index (χ4v) is 6.22. The molecule has 25 heavy (non-hydrogen) atoms. The van der Waals surface area contributed by atoms with E-state index in [0.717, 1.165) is 5.56 Å². The molecule has 0 heterocycles. The van der Waals surface area contributed by atoms with Crippen LogP contribution in [0.5, 0.6) is 0 Å². The molecule has 3 rings (SSSR count). The maximum atomic E-state index is 13.3. The third-order valence-electron chi connectivity index (χ3n) is 4.97. The zero-order chi connectivity index (χ0) is 18.1. The quantitative estimate of drug-likeness (QED) is 0.801. The van der Waals surface area contributed by atoms with E-state index in [0.29, 0.717) is 18.2 Å². The highest BCUT2D eigenvalue weighted by Crippen LogP contribution is 2.63. The lowest BCUT2D eigenvalue weighted by molar-refractivity contribution is 0.101. The number of hydrogen-bond donors (Lipinski definition) is 1. The largest absolute Gasteiger partial charge is 0.381 e. The van der Waals surface area contributed by atoms with E-state index >= 15 is 0 Å². The first-order valence-electron chi connectivity index (χ1n) is 8.29. The topological polar surface area (TPSA) is 69.4 Å². The first kappa shape index (κ1) is 18.4. The van der Waals surface area contributed by atoms with Crippen LogP contribution in [0.25, 0.3) is 0 Å². The van der Waals surface area contributed by atoms with E-state index in [1.165, 1.54) is 0 Å². The van der Waals surface area contributed by atoms with E-state index in [1.807, 2.05) is 37.3 Å². The minimum Gasteiger partial charge on any atom is -0.381 e. The second kappa shape index (κ2) is 7.08. The Morgan fingerprint density at radius 1 is 1.12 bits per heavy atom. The van der Waals surface area contributed by atoms with E-state index in [1.54, 1.807) is 24.3 Å². The van der Waals surface area contributed by atoms with Crippen LogP contribution in [0.15, 0.2) is 59.5 Å². The SMILES string of the molecule is CCOC[C@@]1(CN)[C@H](S(=O)(=O)c2ccc(Cl)cc2)[C@@H]1c1ccccc1. The molecule has 0 spiro atoms. The Morgan fingerprint density at radius 3 is 2.32 bits per heavy atom. The molecule has 4 nitrogen and oxygen atoms in total. The molecule has 1 aliphatic rings. The van der Waals surface area contributed by atoms with Crippen molar-refractivity contribution in [2.75, 3.05) is 19.8 Å². The first-order valence-corrected chi connectivity index (χ1v) is 10.2. The molecule has 0 aromatic heterocycles. The Balaban J connectivity index is 2.03. The summed E-state index contributed by atoms with van der Waals surface area (Å²) in [5.74, 6) is -0.175. The molecule has 1 aliphatic carbocycles. The van der Waals surface area contributed by atoms with Gasteiger partial charge in [0.1, 0.15) is 0 Å². The summed E-state index contributed by atoms with van der Waals surface area (Å²) in [5, 5.41) is -0.0890. The van der Waals surface area contributed by atoms with Gasteiger partial charge in [-0.2, -0.15) is 0 Å². The van der Waals surface area contributed by atoms with Gasteiger partial charge in [-0.15, -0.1) is 0 Å². The van der Waals surface area contributed by atoms with Gasteiger partial charge in [-0.1, -0.05) is 41.9 Å². The van der Waals surface area contributed by atoms with Crippen molar-refractivity contribution in [3.63, 3.8) is 0 Å². The van der Waals surface area contributed by atoms with E-state index in [-0.39, 0.29) is 17.4 Å². The molecule has 0 bridgehead atoms. The van der Waals surface area contributed by atoms with Crippen LogP contribution in [0.4, 0.5) is 0 Å². The van der Waals surface area contributed by atoms with E-state index in [4.69, 9.17) is 22.1 Å². The number of hydrogen-bond acceptors (Lipinski definition) is 4. The Kier molecular flexibility index (Phi) is 5.21. The Labute approximate surface area is 153 Å². The molecule has 0 radical (unpaired) electrons. The Bertz CT molecular complexity index is 824. The minimum absolute atomic E-state index is 0.175. The summed E-state index contributed by atoms with van der Waals surface area (Å²) in [7, 11) is -3.55. The van der Waals surface area contributed by atoms with Gasteiger partial charge in [-0.25, -0.2) is 8.42 Å². The summed E-state index contributed by atoms with van der Waals surface area (Å²) >= 11 is 5.90. The van der Waals surface area contributed by atoms with Crippen LogP contribution in [0.2, 0.25) is 5.02 Å². The smallest absolute Gasteiger partial charge is 0.182 e. The molecule has 0 saturated heterocycles. The van der Waals surface area contributed by atoms with Crippen molar-refractivity contribution in [3.8, 4) is 0 Å². The van der Waals surface area contributed by atoms with E-state index in [2.05, 4.69) is 0 Å². The molecule has 2 aromatic carbocycles. The fraction of sp³-hybridized carbons (Fsp3) is 0.368. The van der Waals surface area contributed by atoms with Gasteiger partial charge in [-0.3, -0.25) is 0 Å². The predicted molar refractivity (Wildman–Crippen MR) is 99.6 cm³/mol. The number of rotatable bonds is 7. The van der Waals surface area contributed by atoms with Gasteiger partial charge in [0, 0.05) is 29.5 Å². The second-order valence-corrected chi connectivity index (χ2v) is 8.89. The van der Waals surface area contributed by atoms with Gasteiger partial charge < -0.3 is 10.5 Å². The third kappa shape index (κ3) is 3.22. The lowest BCUT2D eigenvalue weighted by Crippen LogP contribution is -2.29. The van der Waals surface area contributed by atoms with Crippen LogP contribution >= 0.6 is 11.6 Å². The van der Waals surface area contributed by atoms with Crippen LogP contribution in [-0.2, 0) is 14.6 Å². The Hall–Kier alpha value is -1.40. The summed E-state index contributed by atoms with van der Waals surface area (Å²) in [6, 6.07) is 16.0. The highest BCUT2D eigenvalue weighted by molar-refractivity contribution is 7.92. The number of benzene rings is 2. The molecule has 2 aromatic rings. The van der Waals surface area contributed by atoms with Crippen molar-refractivity contribution >= 4 is 21.4 Å². The van der Waals surface area contributed by atoms with Gasteiger partial charge in [0.25, 0.3) is 0 Å². The first-order chi connectivity index (χ1) is 12.0. The molecular formula is C19H22ClNO3S. The van der Waals surface area contributed by atoms with Crippen molar-refractivity contribution in [2.24, 2.45) is 11.1 Å². The maximum Gasteiger partial charge on any atom is 0.182 e. The van der Waals surface area contributed by atoms with Crippen LogP contribution in [0.1, 0.15) is 18.4 Å². The third-order valence-corrected chi connectivity index (χ3v) is 7.56. The Morgan fingerprint density at radius 2 is 1.76 bits per heavy atom. The lowest BCUT2D eigenvalue weighted by atomic mass is 10.0. The summed E-state index contributed by atoms with van der Waals surface area (Å²) in [6.07, 6.45) is 0. The van der Waals surface area contributed by atoms with E-state index < -0.39 is 20.5 Å². The monoisotopic (exact) mass is 379 g/mol. The summed E-state index contributed by atoms with van der Waals surface area (Å²) < 4.78 is 32.2. The maximum absolute atomic E-state index is 13.3. The number of sulfone groups is 1. The highest BCUT2D eigenvalue weighted by atomic mass is 35.5. The van der Waals surface area contributed by atoms with Crippen molar-refractivity contribution in [2.45, 2.75) is 23.0 Å². The average molecular weight is 380 g/mol. The van der Waals surface area contributed by atoms with Crippen molar-refractivity contribution in [3.05, 3.63) is 65.2 Å². The van der Waals surface area contributed by atoms with Gasteiger partial charge in [0.15, 0.2) is 9.84 Å². The lowest BCUT2D eigenvalue weighted by Gasteiger charge is -2.16. The molecule has 0 amide bonds. The predicted octanol–water partition coefficient (Wildman–Crippen LogP) is 3.26. The van der Waals surface area contributed by atoms with Crippen LogP contribution in [0.3, 0.4) is 0 Å². The molecule has 1 saturated carbocycles. The molecular weight excluding hydrogens is 358 g/mol. The van der Waals surface area contributed by atoms with Crippen LogP contribution in [0, 0.1) is 5.41 Å². The zero-order valence-electron chi connectivity index (χ0n) is 14.1. The molecule has 3 atom stereocenters. The molecule has 0 aliphatic heterocycles. The summed E-state index contributed by atoms with van der Waals surface area (Å²) in [6.45, 7) is 3.00. The van der Waals surface area contributed by atoms with Gasteiger partial charge >= 0.3 is 0 Å². The standard InChI is InChI=1S/C19H22ClNO3S/c1-2-24-13-19(12-21)17(14-6-4-3-5-7-14)18(19)25(22,23)16-10-8-15(20)9-11-16/h3-11,17-18H,2,12-13,21H2,1H3/t17-,18+,19+/m0/s1. The van der Waals surface area contributed by atoms with Crippen molar-refractivity contribution in [1.29, 1.82) is 0 Å². The summed E-state index contributed by atoms with van der Waals surface area (Å²) in [4.78, 5) is 0.273. The molecule has 6 heteroatoms. The molecule has 2 N–H and O–H groups in total. The second-order valence-electron chi connectivity index (χ2n) is 6.38. The summed E-state index contributed by atoms with van der Waals surface area (Å²) in [5.41, 5.74) is 6.44. The van der Waals surface area contributed by atoms with Gasteiger partial charge in [0.05, 0.1) is 16.8 Å². The zero-order valence-corrected chi connectivity index (χ0v) is 15.6. The average Bonchev–Trinajstić information content (AvgIpc) is 3.31. The molecule has 1 fully saturated rings. The van der Waals surface area contributed by atoms with Crippen LogP contribution < -0.4 is 5.73 Å². The molecule has 134 valence electrons. The number of halogens is 1.